The maximum atomic E-state index is 9.03. The van der Waals surface area contributed by atoms with Crippen molar-refractivity contribution >= 4 is 5.69 Å². The third kappa shape index (κ3) is 1.87. The van der Waals surface area contributed by atoms with Gasteiger partial charge in [-0.25, -0.2) is 0 Å². The lowest BCUT2D eigenvalue weighted by molar-refractivity contribution is 0.475. The molecule has 1 aromatic rings. The third-order valence-electron chi connectivity index (χ3n) is 1.65. The number of aromatic hydroxyl groups is 1. The Kier molecular flexibility index (Phi) is 2.36. The van der Waals surface area contributed by atoms with E-state index in [9.17, 15) is 0 Å². The highest BCUT2D eigenvalue weighted by Gasteiger charge is 1.97. The Hall–Kier alpha value is -1.18. The lowest BCUT2D eigenvalue weighted by Crippen LogP contribution is -1.92. The SMILES string of the molecule is CCCc1ccc(O)cc1N. The van der Waals surface area contributed by atoms with Crippen LogP contribution >= 0.6 is 0 Å². The van der Waals surface area contributed by atoms with Gasteiger partial charge < -0.3 is 10.8 Å². The van der Waals surface area contributed by atoms with Crippen LogP contribution in [0.3, 0.4) is 0 Å². The summed E-state index contributed by atoms with van der Waals surface area (Å²) in [5, 5.41) is 9.03. The Balaban J connectivity index is 2.90. The van der Waals surface area contributed by atoms with Crippen LogP contribution in [0.1, 0.15) is 18.9 Å². The van der Waals surface area contributed by atoms with Crippen LogP contribution < -0.4 is 5.73 Å². The Bertz CT molecular complexity index is 245. The van der Waals surface area contributed by atoms with Crippen molar-refractivity contribution in [2.24, 2.45) is 0 Å². The molecule has 0 atom stereocenters. The van der Waals surface area contributed by atoms with E-state index in [0.717, 1.165) is 18.4 Å². The van der Waals surface area contributed by atoms with E-state index in [1.54, 1.807) is 12.1 Å². The van der Waals surface area contributed by atoms with Gasteiger partial charge in [0.05, 0.1) is 0 Å². The second kappa shape index (κ2) is 3.28. The largest absolute Gasteiger partial charge is 0.508 e. The summed E-state index contributed by atoms with van der Waals surface area (Å²) in [6, 6.07) is 5.13. The molecule has 60 valence electrons. The molecule has 0 spiro atoms. The van der Waals surface area contributed by atoms with E-state index in [4.69, 9.17) is 10.8 Å². The van der Waals surface area contributed by atoms with Gasteiger partial charge in [0.15, 0.2) is 0 Å². The van der Waals surface area contributed by atoms with E-state index in [-0.39, 0.29) is 5.75 Å². The first-order chi connectivity index (χ1) is 5.24. The molecule has 0 heterocycles. The van der Waals surface area contributed by atoms with E-state index in [0.29, 0.717) is 5.69 Å². The fourth-order valence-electron chi connectivity index (χ4n) is 1.08. The summed E-state index contributed by atoms with van der Waals surface area (Å²) in [5.74, 6) is 0.238. The van der Waals surface area contributed by atoms with Crippen LogP contribution in [0.15, 0.2) is 18.2 Å². The van der Waals surface area contributed by atoms with E-state index < -0.39 is 0 Å². The fraction of sp³-hybridized carbons (Fsp3) is 0.333. The van der Waals surface area contributed by atoms with Crippen LogP contribution in [0.4, 0.5) is 5.69 Å². The second-order valence-corrected chi connectivity index (χ2v) is 2.63. The number of phenolic OH excluding ortho intramolecular Hbond substituents is 1. The summed E-state index contributed by atoms with van der Waals surface area (Å²) in [5.41, 5.74) is 7.45. The average molecular weight is 151 g/mol. The van der Waals surface area contributed by atoms with Crippen molar-refractivity contribution in [2.75, 3.05) is 5.73 Å². The summed E-state index contributed by atoms with van der Waals surface area (Å²) in [7, 11) is 0. The lowest BCUT2D eigenvalue weighted by atomic mass is 10.1. The van der Waals surface area contributed by atoms with E-state index >= 15 is 0 Å². The number of hydrogen-bond donors (Lipinski definition) is 2. The van der Waals surface area contributed by atoms with E-state index in [2.05, 4.69) is 6.92 Å². The molecule has 0 aliphatic rings. The minimum absolute atomic E-state index is 0.238. The van der Waals surface area contributed by atoms with Gasteiger partial charge in [0.25, 0.3) is 0 Å². The number of nitrogens with two attached hydrogens (primary N) is 1. The van der Waals surface area contributed by atoms with Gasteiger partial charge in [-0.05, 0) is 18.1 Å². The van der Waals surface area contributed by atoms with Gasteiger partial charge in [0.2, 0.25) is 0 Å². The fourth-order valence-corrected chi connectivity index (χ4v) is 1.08. The molecule has 0 amide bonds. The Morgan fingerprint density at radius 2 is 2.18 bits per heavy atom. The molecule has 0 saturated carbocycles. The van der Waals surface area contributed by atoms with Crippen LogP contribution in [-0.2, 0) is 6.42 Å². The smallest absolute Gasteiger partial charge is 0.117 e. The van der Waals surface area contributed by atoms with Crippen molar-refractivity contribution in [3.8, 4) is 5.75 Å². The van der Waals surface area contributed by atoms with Crippen LogP contribution in [0.2, 0.25) is 0 Å². The molecule has 2 nitrogen and oxygen atoms in total. The van der Waals surface area contributed by atoms with Crippen LogP contribution in [0.5, 0.6) is 5.75 Å². The number of nitrogen functional groups attached to an aromatic ring is 1. The molecular formula is C9H13NO. The van der Waals surface area contributed by atoms with E-state index in [1.807, 2.05) is 6.07 Å². The zero-order valence-corrected chi connectivity index (χ0v) is 6.67. The predicted octanol–water partition coefficient (Wildman–Crippen LogP) is 1.93. The molecule has 11 heavy (non-hydrogen) atoms. The van der Waals surface area contributed by atoms with Gasteiger partial charge in [-0.2, -0.15) is 0 Å². The number of hydrogen-bond acceptors (Lipinski definition) is 2. The van der Waals surface area contributed by atoms with Gasteiger partial charge in [-0.15, -0.1) is 0 Å². The number of rotatable bonds is 2. The highest BCUT2D eigenvalue weighted by molar-refractivity contribution is 5.50. The molecule has 0 fully saturated rings. The van der Waals surface area contributed by atoms with Crippen molar-refractivity contribution < 1.29 is 5.11 Å². The molecule has 3 N–H and O–H groups in total. The van der Waals surface area contributed by atoms with Crippen LogP contribution in [-0.4, -0.2) is 5.11 Å². The Morgan fingerprint density at radius 1 is 1.45 bits per heavy atom. The molecule has 0 bridgehead atoms. The summed E-state index contributed by atoms with van der Waals surface area (Å²) < 4.78 is 0. The predicted molar refractivity (Wildman–Crippen MR) is 46.5 cm³/mol. The van der Waals surface area contributed by atoms with Gasteiger partial charge in [-0.3, -0.25) is 0 Å². The van der Waals surface area contributed by atoms with Crippen molar-refractivity contribution in [2.45, 2.75) is 19.8 Å². The first kappa shape index (κ1) is 7.92. The summed E-state index contributed by atoms with van der Waals surface area (Å²) >= 11 is 0. The molecule has 2 heteroatoms. The maximum absolute atomic E-state index is 9.03. The first-order valence-electron chi connectivity index (χ1n) is 3.81. The summed E-state index contributed by atoms with van der Waals surface area (Å²) in [6.07, 6.45) is 2.06. The van der Waals surface area contributed by atoms with Crippen molar-refractivity contribution in [1.82, 2.24) is 0 Å². The number of anilines is 1. The Morgan fingerprint density at radius 3 is 2.73 bits per heavy atom. The van der Waals surface area contributed by atoms with E-state index in [1.165, 1.54) is 0 Å². The normalized spacial score (nSPS) is 9.91. The quantitative estimate of drug-likeness (QED) is 0.634. The summed E-state index contributed by atoms with van der Waals surface area (Å²) in [4.78, 5) is 0. The third-order valence-corrected chi connectivity index (χ3v) is 1.65. The molecule has 0 radical (unpaired) electrons. The molecule has 0 aliphatic carbocycles. The second-order valence-electron chi connectivity index (χ2n) is 2.63. The van der Waals surface area contributed by atoms with Crippen molar-refractivity contribution in [1.29, 1.82) is 0 Å². The highest BCUT2D eigenvalue weighted by atomic mass is 16.3. The molecule has 1 rings (SSSR count). The number of phenols is 1. The van der Waals surface area contributed by atoms with Crippen LogP contribution in [0.25, 0.3) is 0 Å². The zero-order chi connectivity index (χ0) is 8.27. The average Bonchev–Trinajstić information content (AvgIpc) is 1.95. The standard InChI is InChI=1S/C9H13NO/c1-2-3-7-4-5-8(11)6-9(7)10/h4-6,11H,2-3,10H2,1H3. The van der Waals surface area contributed by atoms with Gasteiger partial charge in [-0.1, -0.05) is 19.4 Å². The van der Waals surface area contributed by atoms with Gasteiger partial charge in [0, 0.05) is 11.8 Å². The summed E-state index contributed by atoms with van der Waals surface area (Å²) in [6.45, 7) is 2.10. The minimum atomic E-state index is 0.238. The first-order valence-corrected chi connectivity index (χ1v) is 3.81. The van der Waals surface area contributed by atoms with Crippen molar-refractivity contribution in [3.63, 3.8) is 0 Å². The van der Waals surface area contributed by atoms with Crippen LogP contribution in [0, 0.1) is 0 Å². The Labute approximate surface area is 66.7 Å². The lowest BCUT2D eigenvalue weighted by Gasteiger charge is -2.03. The van der Waals surface area contributed by atoms with Gasteiger partial charge in [0.1, 0.15) is 5.75 Å². The zero-order valence-electron chi connectivity index (χ0n) is 6.67. The maximum Gasteiger partial charge on any atom is 0.117 e. The molecule has 0 saturated heterocycles. The minimum Gasteiger partial charge on any atom is -0.508 e. The van der Waals surface area contributed by atoms with Gasteiger partial charge >= 0.3 is 0 Å². The highest BCUT2D eigenvalue weighted by Crippen LogP contribution is 2.19. The molecule has 0 aromatic heterocycles. The number of aryl methyl sites for hydroxylation is 1. The number of benzene rings is 1. The monoisotopic (exact) mass is 151 g/mol. The topological polar surface area (TPSA) is 46.2 Å². The molecule has 0 aliphatic heterocycles. The molecule has 1 aromatic carbocycles. The molecule has 0 unspecified atom stereocenters. The van der Waals surface area contributed by atoms with Crippen molar-refractivity contribution in [3.05, 3.63) is 23.8 Å². The molecular weight excluding hydrogens is 138 g/mol.